The number of rotatable bonds is 5. The number of nitrogens with one attached hydrogen (secondary N) is 1. The highest BCUT2D eigenvalue weighted by molar-refractivity contribution is 7.99. The van der Waals surface area contributed by atoms with E-state index in [4.69, 9.17) is 0 Å². The third-order valence-corrected chi connectivity index (χ3v) is 5.01. The number of hydrogen-bond acceptors (Lipinski definition) is 2. The minimum atomic E-state index is -0.134. The van der Waals surface area contributed by atoms with Gasteiger partial charge in [0.1, 0.15) is 5.82 Å². The average Bonchev–Trinajstić information content (AvgIpc) is 2.38. The van der Waals surface area contributed by atoms with Crippen molar-refractivity contribution in [1.82, 2.24) is 5.32 Å². The first kappa shape index (κ1) is 14.9. The molecule has 1 saturated carbocycles. The summed E-state index contributed by atoms with van der Waals surface area (Å²) in [5.41, 5.74) is 1.08. The zero-order chi connectivity index (χ0) is 13.7. The van der Waals surface area contributed by atoms with E-state index >= 15 is 0 Å². The van der Waals surface area contributed by atoms with E-state index in [1.807, 2.05) is 17.8 Å². The van der Waals surface area contributed by atoms with Gasteiger partial charge in [0.25, 0.3) is 0 Å². The van der Waals surface area contributed by atoms with Gasteiger partial charge in [-0.3, -0.25) is 0 Å². The zero-order valence-corrected chi connectivity index (χ0v) is 12.7. The van der Waals surface area contributed by atoms with E-state index in [1.165, 1.54) is 31.7 Å². The van der Waals surface area contributed by atoms with E-state index < -0.39 is 0 Å². The Balaban J connectivity index is 1.82. The maximum Gasteiger partial charge on any atom is 0.123 e. The summed E-state index contributed by atoms with van der Waals surface area (Å²) >= 11 is 1.99. The van der Waals surface area contributed by atoms with Gasteiger partial charge in [-0.2, -0.15) is 11.8 Å². The van der Waals surface area contributed by atoms with Crippen LogP contribution in [0.1, 0.15) is 38.2 Å². The van der Waals surface area contributed by atoms with E-state index in [9.17, 15) is 4.39 Å². The van der Waals surface area contributed by atoms with Crippen molar-refractivity contribution in [3.63, 3.8) is 0 Å². The van der Waals surface area contributed by atoms with E-state index in [-0.39, 0.29) is 5.82 Å². The molecule has 0 aromatic heterocycles. The third kappa shape index (κ3) is 4.81. The molecule has 1 aromatic rings. The summed E-state index contributed by atoms with van der Waals surface area (Å²) in [5, 5.41) is 4.53. The van der Waals surface area contributed by atoms with E-state index in [0.717, 1.165) is 17.2 Å². The van der Waals surface area contributed by atoms with Crippen LogP contribution < -0.4 is 5.32 Å². The minimum absolute atomic E-state index is 0.134. The summed E-state index contributed by atoms with van der Waals surface area (Å²) in [6, 6.07) is 7.99. The summed E-state index contributed by atoms with van der Waals surface area (Å²) in [6.45, 7) is 2.20. The second-order valence-corrected chi connectivity index (χ2v) is 6.76. The van der Waals surface area contributed by atoms with Crippen LogP contribution in [-0.2, 0) is 6.42 Å². The van der Waals surface area contributed by atoms with Crippen molar-refractivity contribution in [3.05, 3.63) is 35.6 Å². The summed E-state index contributed by atoms with van der Waals surface area (Å²) in [4.78, 5) is 0. The van der Waals surface area contributed by atoms with Gasteiger partial charge in [0, 0.05) is 17.3 Å². The molecule has 0 radical (unpaired) electrons. The molecule has 1 nitrogen and oxygen atoms in total. The van der Waals surface area contributed by atoms with E-state index in [2.05, 4.69) is 18.5 Å². The number of halogens is 1. The van der Waals surface area contributed by atoms with Crippen molar-refractivity contribution in [1.29, 1.82) is 0 Å². The highest BCUT2D eigenvalue weighted by atomic mass is 32.2. The van der Waals surface area contributed by atoms with Gasteiger partial charge in [-0.05, 0) is 56.6 Å². The molecule has 0 heterocycles. The van der Waals surface area contributed by atoms with Crippen molar-refractivity contribution in [2.24, 2.45) is 0 Å². The predicted octanol–water partition coefficient (Wildman–Crippen LogP) is 4.02. The lowest BCUT2D eigenvalue weighted by Gasteiger charge is -2.31. The van der Waals surface area contributed by atoms with Gasteiger partial charge >= 0.3 is 0 Å². The fourth-order valence-corrected chi connectivity index (χ4v) is 3.82. The van der Waals surface area contributed by atoms with Gasteiger partial charge in [0.2, 0.25) is 0 Å². The van der Waals surface area contributed by atoms with E-state index in [0.29, 0.717) is 12.1 Å². The average molecular weight is 281 g/mol. The molecule has 3 heteroatoms. The molecule has 1 aromatic carbocycles. The summed E-state index contributed by atoms with van der Waals surface area (Å²) in [7, 11) is 0. The Kier molecular flexibility index (Phi) is 5.71. The molecule has 0 aliphatic heterocycles. The van der Waals surface area contributed by atoms with Gasteiger partial charge in [-0.15, -0.1) is 0 Å². The SMILES string of the molecule is CSC1CCCC(NC(C)Cc2cccc(F)c2)C1. The quantitative estimate of drug-likeness (QED) is 0.875. The molecule has 3 unspecified atom stereocenters. The van der Waals surface area contributed by atoms with Crippen LogP contribution in [0.15, 0.2) is 24.3 Å². The van der Waals surface area contributed by atoms with Crippen LogP contribution in [0.3, 0.4) is 0 Å². The van der Waals surface area contributed by atoms with Crippen LogP contribution in [0.5, 0.6) is 0 Å². The molecular formula is C16H24FNS. The molecule has 1 aliphatic carbocycles. The Bertz CT molecular complexity index is 396. The van der Waals surface area contributed by atoms with Crippen LogP contribution in [0, 0.1) is 5.82 Å². The van der Waals surface area contributed by atoms with Crippen molar-refractivity contribution >= 4 is 11.8 Å². The lowest BCUT2D eigenvalue weighted by Crippen LogP contribution is -2.41. The Labute approximate surface area is 120 Å². The Morgan fingerprint density at radius 1 is 1.42 bits per heavy atom. The highest BCUT2D eigenvalue weighted by Gasteiger charge is 2.22. The molecule has 106 valence electrons. The number of thioether (sulfide) groups is 1. The van der Waals surface area contributed by atoms with Crippen LogP contribution in [-0.4, -0.2) is 23.6 Å². The van der Waals surface area contributed by atoms with Gasteiger partial charge in [-0.25, -0.2) is 4.39 Å². The molecular weight excluding hydrogens is 257 g/mol. The fourth-order valence-electron chi connectivity index (χ4n) is 2.99. The van der Waals surface area contributed by atoms with Gasteiger partial charge in [0.15, 0.2) is 0 Å². The first-order valence-electron chi connectivity index (χ1n) is 7.20. The second-order valence-electron chi connectivity index (χ2n) is 5.62. The lowest BCUT2D eigenvalue weighted by atomic mass is 9.94. The van der Waals surface area contributed by atoms with Gasteiger partial charge < -0.3 is 5.32 Å². The zero-order valence-electron chi connectivity index (χ0n) is 11.9. The normalized spacial score (nSPS) is 25.2. The lowest BCUT2D eigenvalue weighted by molar-refractivity contribution is 0.349. The molecule has 0 bridgehead atoms. The van der Waals surface area contributed by atoms with Crippen LogP contribution in [0.25, 0.3) is 0 Å². The van der Waals surface area contributed by atoms with Crippen molar-refractivity contribution in [3.8, 4) is 0 Å². The predicted molar refractivity (Wildman–Crippen MR) is 82.3 cm³/mol. The van der Waals surface area contributed by atoms with Crippen molar-refractivity contribution < 1.29 is 4.39 Å². The molecule has 0 saturated heterocycles. The second kappa shape index (κ2) is 7.30. The highest BCUT2D eigenvalue weighted by Crippen LogP contribution is 2.27. The molecule has 1 aliphatic rings. The number of benzene rings is 1. The largest absolute Gasteiger partial charge is 0.311 e. The first-order chi connectivity index (χ1) is 9.17. The molecule has 19 heavy (non-hydrogen) atoms. The molecule has 0 spiro atoms. The summed E-state index contributed by atoms with van der Waals surface area (Å²) in [5.74, 6) is -0.134. The summed E-state index contributed by atoms with van der Waals surface area (Å²) < 4.78 is 13.2. The number of hydrogen-bond donors (Lipinski definition) is 1. The molecule has 2 rings (SSSR count). The smallest absolute Gasteiger partial charge is 0.123 e. The topological polar surface area (TPSA) is 12.0 Å². The molecule has 1 fully saturated rings. The monoisotopic (exact) mass is 281 g/mol. The first-order valence-corrected chi connectivity index (χ1v) is 8.49. The maximum atomic E-state index is 13.2. The third-order valence-electron chi connectivity index (χ3n) is 3.91. The minimum Gasteiger partial charge on any atom is -0.311 e. The Morgan fingerprint density at radius 3 is 3.00 bits per heavy atom. The van der Waals surface area contributed by atoms with Crippen LogP contribution in [0.4, 0.5) is 4.39 Å². The standard InChI is InChI=1S/C16H24FNS/c1-12(9-13-5-3-6-14(17)10-13)18-15-7-4-8-16(11-15)19-2/h3,5-6,10,12,15-16,18H,4,7-9,11H2,1-2H3. The van der Waals surface area contributed by atoms with Crippen molar-refractivity contribution in [2.75, 3.05) is 6.26 Å². The Morgan fingerprint density at radius 2 is 2.26 bits per heavy atom. The van der Waals surface area contributed by atoms with Gasteiger partial charge in [0.05, 0.1) is 0 Å². The van der Waals surface area contributed by atoms with Crippen LogP contribution in [0.2, 0.25) is 0 Å². The maximum absolute atomic E-state index is 13.2. The van der Waals surface area contributed by atoms with Gasteiger partial charge in [-0.1, -0.05) is 18.6 Å². The van der Waals surface area contributed by atoms with E-state index in [1.54, 1.807) is 12.1 Å². The molecule has 1 N–H and O–H groups in total. The van der Waals surface area contributed by atoms with Crippen LogP contribution >= 0.6 is 11.8 Å². The Hall–Kier alpha value is -0.540. The molecule has 0 amide bonds. The van der Waals surface area contributed by atoms with Crippen molar-refractivity contribution in [2.45, 2.75) is 56.4 Å². The summed E-state index contributed by atoms with van der Waals surface area (Å²) in [6.07, 6.45) is 8.36. The fraction of sp³-hybridized carbons (Fsp3) is 0.625. The molecule has 3 atom stereocenters.